The first-order valence-corrected chi connectivity index (χ1v) is 10.5. The second-order valence-corrected chi connectivity index (χ2v) is 7.52. The number of aromatic nitrogens is 2. The lowest BCUT2D eigenvalue weighted by Crippen LogP contribution is -2.12. The van der Waals surface area contributed by atoms with E-state index >= 15 is 0 Å². The summed E-state index contributed by atoms with van der Waals surface area (Å²) in [5.41, 5.74) is 4.23. The molecule has 1 N–H and O–H groups in total. The number of ether oxygens (including phenoxy) is 1. The zero-order valence-electron chi connectivity index (χ0n) is 16.3. The van der Waals surface area contributed by atoms with E-state index in [0.717, 1.165) is 21.9 Å². The number of imidazole rings is 1. The van der Waals surface area contributed by atoms with Gasteiger partial charge in [-0.3, -0.25) is 4.79 Å². The lowest BCUT2D eigenvalue weighted by atomic mass is 10.2. The van der Waals surface area contributed by atoms with Crippen molar-refractivity contribution in [3.05, 3.63) is 89.9 Å². The summed E-state index contributed by atoms with van der Waals surface area (Å²) in [4.78, 5) is 18.2. The minimum absolute atomic E-state index is 0.167. The standard InChI is InChI=1S/C23H21N3O2S/c1-16-10-11-22-24-18(14-26(22)13-16)15-28-19-7-5-6-17(12-19)23(27)25-20-8-3-4-9-21(20)29-2/h3-14H,15H2,1-2H3,(H,25,27). The Kier molecular flexibility index (Phi) is 5.53. The molecule has 2 aromatic heterocycles. The van der Waals surface area contributed by atoms with Crippen LogP contribution in [0.15, 0.2) is 78.0 Å². The van der Waals surface area contributed by atoms with Gasteiger partial charge in [-0.05, 0) is 55.1 Å². The van der Waals surface area contributed by atoms with E-state index in [4.69, 9.17) is 4.74 Å². The maximum absolute atomic E-state index is 12.7. The number of aryl methyl sites for hydroxylation is 1. The minimum atomic E-state index is -0.167. The van der Waals surface area contributed by atoms with Gasteiger partial charge in [0.1, 0.15) is 18.0 Å². The fourth-order valence-corrected chi connectivity index (χ4v) is 3.61. The number of thioether (sulfide) groups is 1. The predicted molar refractivity (Wildman–Crippen MR) is 117 cm³/mol. The van der Waals surface area contributed by atoms with E-state index in [0.29, 0.717) is 17.9 Å². The Bertz CT molecular complexity index is 1170. The average Bonchev–Trinajstić information content (AvgIpc) is 3.15. The number of amides is 1. The topological polar surface area (TPSA) is 55.6 Å². The van der Waals surface area contributed by atoms with Crippen molar-refractivity contribution in [3.8, 4) is 5.75 Å². The first-order valence-electron chi connectivity index (χ1n) is 9.24. The van der Waals surface area contributed by atoms with Crippen LogP contribution in [-0.4, -0.2) is 21.5 Å². The third-order valence-corrected chi connectivity index (χ3v) is 5.28. The first kappa shape index (κ1) is 19.1. The molecule has 5 nitrogen and oxygen atoms in total. The fourth-order valence-electron chi connectivity index (χ4n) is 3.05. The summed E-state index contributed by atoms with van der Waals surface area (Å²) in [7, 11) is 0. The van der Waals surface area contributed by atoms with Gasteiger partial charge in [0.25, 0.3) is 5.91 Å². The van der Waals surface area contributed by atoms with E-state index in [1.165, 1.54) is 5.56 Å². The number of benzene rings is 2. The van der Waals surface area contributed by atoms with Crippen LogP contribution >= 0.6 is 11.8 Å². The number of hydrogen-bond donors (Lipinski definition) is 1. The average molecular weight is 404 g/mol. The van der Waals surface area contributed by atoms with Crippen molar-refractivity contribution in [1.29, 1.82) is 0 Å². The molecule has 0 saturated carbocycles. The van der Waals surface area contributed by atoms with Crippen LogP contribution in [-0.2, 0) is 6.61 Å². The molecule has 2 heterocycles. The zero-order chi connectivity index (χ0) is 20.2. The van der Waals surface area contributed by atoms with E-state index < -0.39 is 0 Å². The minimum Gasteiger partial charge on any atom is -0.487 e. The largest absolute Gasteiger partial charge is 0.487 e. The number of carbonyl (C=O) groups excluding carboxylic acids is 1. The van der Waals surface area contributed by atoms with Crippen LogP contribution < -0.4 is 10.1 Å². The summed E-state index contributed by atoms with van der Waals surface area (Å²) >= 11 is 1.60. The molecule has 4 aromatic rings. The number of carbonyl (C=O) groups is 1. The van der Waals surface area contributed by atoms with Gasteiger partial charge >= 0.3 is 0 Å². The van der Waals surface area contributed by atoms with Crippen LogP contribution in [0.5, 0.6) is 5.75 Å². The molecule has 0 aliphatic carbocycles. The summed E-state index contributed by atoms with van der Waals surface area (Å²) in [5, 5.41) is 2.97. The highest BCUT2D eigenvalue weighted by atomic mass is 32.2. The Morgan fingerprint density at radius 3 is 2.83 bits per heavy atom. The highest BCUT2D eigenvalue weighted by molar-refractivity contribution is 7.98. The van der Waals surface area contributed by atoms with Crippen molar-refractivity contribution in [2.24, 2.45) is 0 Å². The molecule has 0 saturated heterocycles. The summed E-state index contributed by atoms with van der Waals surface area (Å²) in [6.07, 6.45) is 5.97. The Morgan fingerprint density at radius 1 is 1.10 bits per heavy atom. The number of fused-ring (bicyclic) bond motifs is 1. The van der Waals surface area contributed by atoms with Gasteiger partial charge in [-0.25, -0.2) is 4.98 Å². The number of rotatable bonds is 6. The molecule has 4 rings (SSSR count). The number of nitrogens with one attached hydrogen (secondary N) is 1. The summed E-state index contributed by atoms with van der Waals surface area (Å²) in [6, 6.07) is 18.9. The van der Waals surface area contributed by atoms with Gasteiger partial charge in [-0.1, -0.05) is 24.3 Å². The Balaban J connectivity index is 1.45. The quantitative estimate of drug-likeness (QED) is 0.450. The predicted octanol–water partition coefficient (Wildman–Crippen LogP) is 5.20. The Morgan fingerprint density at radius 2 is 1.97 bits per heavy atom. The number of nitrogens with zero attached hydrogens (tertiary/aromatic N) is 2. The van der Waals surface area contributed by atoms with E-state index in [2.05, 4.69) is 10.3 Å². The summed E-state index contributed by atoms with van der Waals surface area (Å²) in [6.45, 7) is 2.38. The van der Waals surface area contributed by atoms with Crippen LogP contribution in [0.4, 0.5) is 5.69 Å². The van der Waals surface area contributed by atoms with Crippen molar-refractivity contribution in [2.45, 2.75) is 18.4 Å². The first-order chi connectivity index (χ1) is 14.1. The SMILES string of the molecule is CSc1ccccc1NC(=O)c1cccc(OCc2cn3cc(C)ccc3n2)c1. The molecule has 0 radical (unpaired) electrons. The summed E-state index contributed by atoms with van der Waals surface area (Å²) in [5.74, 6) is 0.462. The van der Waals surface area contributed by atoms with Crippen molar-refractivity contribution in [3.63, 3.8) is 0 Å². The number of anilines is 1. The molecule has 29 heavy (non-hydrogen) atoms. The fraction of sp³-hybridized carbons (Fsp3) is 0.130. The van der Waals surface area contributed by atoms with Crippen molar-refractivity contribution in [2.75, 3.05) is 11.6 Å². The molecule has 2 aromatic carbocycles. The maximum Gasteiger partial charge on any atom is 0.255 e. The van der Waals surface area contributed by atoms with E-state index in [-0.39, 0.29) is 5.91 Å². The van der Waals surface area contributed by atoms with Crippen LogP contribution in [0.25, 0.3) is 5.65 Å². The molecule has 0 aliphatic heterocycles. The van der Waals surface area contributed by atoms with Gasteiger partial charge in [0.15, 0.2) is 0 Å². The Hall–Kier alpha value is -3.25. The third kappa shape index (κ3) is 4.43. The van der Waals surface area contributed by atoms with Crippen LogP contribution in [0.1, 0.15) is 21.6 Å². The molecule has 146 valence electrons. The highest BCUT2D eigenvalue weighted by Crippen LogP contribution is 2.25. The van der Waals surface area contributed by atoms with Crippen LogP contribution in [0.2, 0.25) is 0 Å². The van der Waals surface area contributed by atoms with Gasteiger partial charge in [0, 0.05) is 22.9 Å². The van der Waals surface area contributed by atoms with Gasteiger partial charge < -0.3 is 14.5 Å². The molecule has 0 aliphatic rings. The Labute approximate surface area is 173 Å². The van der Waals surface area contributed by atoms with Crippen LogP contribution in [0.3, 0.4) is 0 Å². The van der Waals surface area contributed by atoms with E-state index in [9.17, 15) is 4.79 Å². The van der Waals surface area contributed by atoms with Crippen molar-refractivity contribution < 1.29 is 9.53 Å². The summed E-state index contributed by atoms with van der Waals surface area (Å²) < 4.78 is 7.87. The molecule has 0 bridgehead atoms. The van der Waals surface area contributed by atoms with Gasteiger partial charge in [-0.2, -0.15) is 0 Å². The molecular formula is C23H21N3O2S. The zero-order valence-corrected chi connectivity index (χ0v) is 17.1. The van der Waals surface area contributed by atoms with Crippen LogP contribution in [0, 0.1) is 6.92 Å². The monoisotopic (exact) mass is 403 g/mol. The van der Waals surface area contributed by atoms with Crippen molar-refractivity contribution in [1.82, 2.24) is 9.38 Å². The third-order valence-electron chi connectivity index (χ3n) is 4.49. The number of para-hydroxylation sites is 1. The lowest BCUT2D eigenvalue weighted by molar-refractivity contribution is 0.102. The highest BCUT2D eigenvalue weighted by Gasteiger charge is 2.10. The molecule has 1 amide bonds. The second kappa shape index (κ2) is 8.41. The second-order valence-electron chi connectivity index (χ2n) is 6.68. The molecule has 0 spiro atoms. The number of pyridine rings is 1. The molecule has 6 heteroatoms. The molecule has 0 atom stereocenters. The normalized spacial score (nSPS) is 10.8. The van der Waals surface area contributed by atoms with E-state index in [1.54, 1.807) is 23.9 Å². The molecular weight excluding hydrogens is 382 g/mol. The number of hydrogen-bond acceptors (Lipinski definition) is 4. The lowest BCUT2D eigenvalue weighted by Gasteiger charge is -2.10. The van der Waals surface area contributed by atoms with Gasteiger partial charge in [0.2, 0.25) is 0 Å². The molecule has 0 fully saturated rings. The van der Waals surface area contributed by atoms with E-state index in [1.807, 2.05) is 78.5 Å². The van der Waals surface area contributed by atoms with Gasteiger partial charge in [0.05, 0.1) is 11.4 Å². The van der Waals surface area contributed by atoms with Gasteiger partial charge in [-0.15, -0.1) is 11.8 Å². The maximum atomic E-state index is 12.7. The smallest absolute Gasteiger partial charge is 0.255 e. The molecule has 0 unspecified atom stereocenters. The van der Waals surface area contributed by atoms with Crippen molar-refractivity contribution >= 4 is 29.0 Å².